The molecule has 1 fully saturated rings. The Morgan fingerprint density at radius 3 is 2.79 bits per heavy atom. The van der Waals surface area contributed by atoms with Gasteiger partial charge in [0.25, 0.3) is 0 Å². The molecule has 2 rings (SSSR count). The van der Waals surface area contributed by atoms with Crippen molar-refractivity contribution in [2.45, 2.75) is 39.0 Å². The zero-order valence-corrected chi connectivity index (χ0v) is 15.6. The number of hydrogen-bond donors (Lipinski definition) is 2. The van der Waals surface area contributed by atoms with Gasteiger partial charge in [-0.05, 0) is 76.4 Å². The van der Waals surface area contributed by atoms with Crippen LogP contribution in [0.3, 0.4) is 0 Å². The van der Waals surface area contributed by atoms with Crippen molar-refractivity contribution >= 4 is 17.6 Å². The fourth-order valence-electron chi connectivity index (χ4n) is 3.00. The molecule has 0 unspecified atom stereocenters. The van der Waals surface area contributed by atoms with Gasteiger partial charge in [-0.1, -0.05) is 23.7 Å². The van der Waals surface area contributed by atoms with Crippen molar-refractivity contribution in [1.82, 2.24) is 15.5 Å². The number of nitrogens with one attached hydrogen (secondary N) is 2. The van der Waals surface area contributed by atoms with Gasteiger partial charge in [-0.3, -0.25) is 4.99 Å². The normalized spacial score (nSPS) is 15.7. The van der Waals surface area contributed by atoms with Crippen LogP contribution in [0.2, 0.25) is 5.02 Å². The molecule has 0 aliphatic carbocycles. The van der Waals surface area contributed by atoms with Crippen molar-refractivity contribution in [3.8, 4) is 0 Å². The third kappa shape index (κ3) is 7.54. The Balaban J connectivity index is 1.64. The predicted octanol–water partition coefficient (Wildman–Crippen LogP) is 3.31. The molecule has 1 aromatic carbocycles. The first-order chi connectivity index (χ1) is 11.8. The third-order valence-corrected chi connectivity index (χ3v) is 4.53. The zero-order chi connectivity index (χ0) is 17.0. The SMILES string of the molecule is CCNC(=NCCCCN1CCCC1)NCCc1cccc(Cl)c1. The molecule has 0 aromatic heterocycles. The predicted molar refractivity (Wildman–Crippen MR) is 104 cm³/mol. The van der Waals surface area contributed by atoms with Crippen LogP contribution >= 0.6 is 11.6 Å². The molecule has 0 saturated carbocycles. The summed E-state index contributed by atoms with van der Waals surface area (Å²) in [5.74, 6) is 0.917. The molecule has 1 aromatic rings. The third-order valence-electron chi connectivity index (χ3n) is 4.29. The molecule has 1 saturated heterocycles. The Bertz CT molecular complexity index is 498. The molecule has 0 amide bonds. The zero-order valence-electron chi connectivity index (χ0n) is 14.9. The van der Waals surface area contributed by atoms with E-state index >= 15 is 0 Å². The van der Waals surface area contributed by atoms with Gasteiger partial charge in [0.05, 0.1) is 0 Å². The van der Waals surface area contributed by atoms with Gasteiger partial charge in [-0.15, -0.1) is 0 Å². The molecule has 1 heterocycles. The van der Waals surface area contributed by atoms with E-state index in [1.165, 1.54) is 44.5 Å². The Hall–Kier alpha value is -1.26. The van der Waals surface area contributed by atoms with Crippen LogP contribution in [-0.4, -0.2) is 50.1 Å². The van der Waals surface area contributed by atoms with Crippen molar-refractivity contribution < 1.29 is 0 Å². The first-order valence-corrected chi connectivity index (χ1v) is 9.64. The molecule has 0 spiro atoms. The fraction of sp³-hybridized carbons (Fsp3) is 0.632. The topological polar surface area (TPSA) is 39.7 Å². The molecule has 0 atom stereocenters. The first kappa shape index (κ1) is 19.1. The van der Waals surface area contributed by atoms with E-state index in [9.17, 15) is 0 Å². The number of nitrogens with zero attached hydrogens (tertiary/aromatic N) is 2. The molecule has 0 radical (unpaired) electrons. The van der Waals surface area contributed by atoms with Crippen LogP contribution in [-0.2, 0) is 6.42 Å². The summed E-state index contributed by atoms with van der Waals surface area (Å²) < 4.78 is 0. The summed E-state index contributed by atoms with van der Waals surface area (Å²) in [6.45, 7) is 8.54. The quantitative estimate of drug-likeness (QED) is 0.408. The van der Waals surface area contributed by atoms with Crippen LogP contribution in [0, 0.1) is 0 Å². The maximum Gasteiger partial charge on any atom is 0.191 e. The molecule has 24 heavy (non-hydrogen) atoms. The number of likely N-dealkylation sites (tertiary alicyclic amines) is 1. The highest BCUT2D eigenvalue weighted by molar-refractivity contribution is 6.30. The van der Waals surface area contributed by atoms with Crippen molar-refractivity contribution in [3.63, 3.8) is 0 Å². The highest BCUT2D eigenvalue weighted by Crippen LogP contribution is 2.10. The van der Waals surface area contributed by atoms with Crippen molar-refractivity contribution in [1.29, 1.82) is 0 Å². The Labute approximate surface area is 151 Å². The standard InChI is InChI=1S/C19H31ClN4/c1-2-21-19(22-11-3-4-13-24-14-5-6-15-24)23-12-10-17-8-7-9-18(20)16-17/h7-9,16H,2-6,10-15H2,1H3,(H2,21,22,23). The monoisotopic (exact) mass is 350 g/mol. The molecule has 1 aliphatic heterocycles. The van der Waals surface area contributed by atoms with Gasteiger partial charge in [0.2, 0.25) is 0 Å². The van der Waals surface area contributed by atoms with Crippen LogP contribution in [0.1, 0.15) is 38.2 Å². The lowest BCUT2D eigenvalue weighted by atomic mass is 10.1. The van der Waals surface area contributed by atoms with E-state index in [0.717, 1.165) is 43.5 Å². The van der Waals surface area contributed by atoms with E-state index in [-0.39, 0.29) is 0 Å². The number of guanidine groups is 1. The average molecular weight is 351 g/mol. The smallest absolute Gasteiger partial charge is 0.191 e. The summed E-state index contributed by atoms with van der Waals surface area (Å²) in [4.78, 5) is 7.24. The van der Waals surface area contributed by atoms with E-state index in [2.05, 4.69) is 33.5 Å². The van der Waals surface area contributed by atoms with Crippen molar-refractivity contribution in [2.75, 3.05) is 39.3 Å². The highest BCUT2D eigenvalue weighted by Gasteiger charge is 2.09. The van der Waals surface area contributed by atoms with Crippen LogP contribution in [0.5, 0.6) is 0 Å². The number of rotatable bonds is 9. The van der Waals surface area contributed by atoms with E-state index < -0.39 is 0 Å². The van der Waals surface area contributed by atoms with Gasteiger partial charge in [-0.2, -0.15) is 0 Å². The lowest BCUT2D eigenvalue weighted by Crippen LogP contribution is -2.38. The molecule has 4 nitrogen and oxygen atoms in total. The van der Waals surface area contributed by atoms with Gasteiger partial charge in [0.15, 0.2) is 5.96 Å². The largest absolute Gasteiger partial charge is 0.357 e. The Kier molecular flexibility index (Phi) is 9.00. The Morgan fingerprint density at radius 2 is 2.04 bits per heavy atom. The van der Waals surface area contributed by atoms with Crippen LogP contribution in [0.4, 0.5) is 0 Å². The molecule has 134 valence electrons. The summed E-state index contributed by atoms with van der Waals surface area (Å²) in [5, 5.41) is 7.52. The lowest BCUT2D eigenvalue weighted by Gasteiger charge is -2.14. The van der Waals surface area contributed by atoms with E-state index in [1.54, 1.807) is 0 Å². The maximum atomic E-state index is 6.02. The first-order valence-electron chi connectivity index (χ1n) is 9.27. The lowest BCUT2D eigenvalue weighted by molar-refractivity contribution is 0.331. The van der Waals surface area contributed by atoms with Crippen molar-refractivity contribution in [2.24, 2.45) is 4.99 Å². The van der Waals surface area contributed by atoms with Crippen molar-refractivity contribution in [3.05, 3.63) is 34.9 Å². The van der Waals surface area contributed by atoms with Gasteiger partial charge >= 0.3 is 0 Å². The molecular formula is C19H31ClN4. The molecule has 2 N–H and O–H groups in total. The minimum absolute atomic E-state index is 0.797. The second-order valence-electron chi connectivity index (χ2n) is 6.32. The number of unbranched alkanes of at least 4 members (excludes halogenated alkanes) is 1. The minimum atomic E-state index is 0.797. The highest BCUT2D eigenvalue weighted by atomic mass is 35.5. The summed E-state index contributed by atoms with van der Waals surface area (Å²) in [6, 6.07) is 8.03. The second-order valence-corrected chi connectivity index (χ2v) is 6.76. The summed E-state index contributed by atoms with van der Waals surface area (Å²) in [7, 11) is 0. The number of halogens is 1. The van der Waals surface area contributed by atoms with Gasteiger partial charge < -0.3 is 15.5 Å². The van der Waals surface area contributed by atoms with Crippen LogP contribution in [0.25, 0.3) is 0 Å². The number of aliphatic imine (C=N–C) groups is 1. The number of benzene rings is 1. The maximum absolute atomic E-state index is 6.02. The second kappa shape index (κ2) is 11.3. The van der Waals surface area contributed by atoms with E-state index in [0.29, 0.717) is 0 Å². The van der Waals surface area contributed by atoms with E-state index in [1.807, 2.05) is 18.2 Å². The molecule has 1 aliphatic rings. The summed E-state index contributed by atoms with van der Waals surface area (Å²) >= 11 is 6.02. The minimum Gasteiger partial charge on any atom is -0.357 e. The van der Waals surface area contributed by atoms with Crippen LogP contribution < -0.4 is 10.6 Å². The summed E-state index contributed by atoms with van der Waals surface area (Å²) in [6.07, 6.45) is 6.09. The summed E-state index contributed by atoms with van der Waals surface area (Å²) in [5.41, 5.74) is 1.25. The Morgan fingerprint density at radius 1 is 1.21 bits per heavy atom. The van der Waals surface area contributed by atoms with Gasteiger partial charge in [0, 0.05) is 24.7 Å². The molecular weight excluding hydrogens is 320 g/mol. The van der Waals surface area contributed by atoms with Gasteiger partial charge in [0.1, 0.15) is 0 Å². The fourth-order valence-corrected chi connectivity index (χ4v) is 3.22. The van der Waals surface area contributed by atoms with E-state index in [4.69, 9.17) is 11.6 Å². The van der Waals surface area contributed by atoms with Crippen LogP contribution in [0.15, 0.2) is 29.3 Å². The average Bonchev–Trinajstić information content (AvgIpc) is 3.08. The molecule has 0 bridgehead atoms. The number of hydrogen-bond acceptors (Lipinski definition) is 2. The van der Waals surface area contributed by atoms with Gasteiger partial charge in [-0.25, -0.2) is 0 Å². The molecule has 5 heteroatoms.